The Bertz CT molecular complexity index is 1600. The molecule has 0 saturated carbocycles. The van der Waals surface area contributed by atoms with Crippen molar-refractivity contribution >= 4 is 27.3 Å². The van der Waals surface area contributed by atoms with Crippen LogP contribution >= 0.6 is 11.3 Å². The summed E-state index contributed by atoms with van der Waals surface area (Å²) in [5, 5.41) is -0.101. The molecule has 5 nitrogen and oxygen atoms in total. The highest BCUT2D eigenvalue weighted by Gasteiger charge is 2.34. The summed E-state index contributed by atoms with van der Waals surface area (Å²) in [4.78, 5) is 40.1. The maximum atomic E-state index is 14.6. The molecule has 0 saturated heterocycles. The zero-order valence-corrected chi connectivity index (χ0v) is 20.5. The van der Waals surface area contributed by atoms with Crippen LogP contribution in [-0.4, -0.2) is 14.9 Å². The van der Waals surface area contributed by atoms with E-state index in [1.165, 1.54) is 48.0 Å². The summed E-state index contributed by atoms with van der Waals surface area (Å²) in [6, 6.07) is 10.1. The van der Waals surface area contributed by atoms with Gasteiger partial charge in [-0.3, -0.25) is 18.7 Å². The molecule has 0 spiro atoms. The smallest absolute Gasteiger partial charge is 0.288 e. The molecule has 188 valence electrons. The predicted molar refractivity (Wildman–Crippen MR) is 130 cm³/mol. The SMILES string of the molecule is CC(C)Cn1c(=O)n(C)c(=O)c2c(C(=O)c3ccccc3F)c(Cc3ccccc3C(F)(F)F)sc21. The highest BCUT2D eigenvalue weighted by molar-refractivity contribution is 7.19. The molecule has 2 aromatic carbocycles. The van der Waals surface area contributed by atoms with Crippen LogP contribution in [0.3, 0.4) is 0 Å². The first-order chi connectivity index (χ1) is 16.9. The number of carbonyl (C=O) groups excluding carboxylic acids is 1. The van der Waals surface area contributed by atoms with Crippen LogP contribution < -0.4 is 11.2 Å². The molecule has 2 heterocycles. The van der Waals surface area contributed by atoms with Gasteiger partial charge in [-0.1, -0.05) is 44.2 Å². The van der Waals surface area contributed by atoms with Gasteiger partial charge in [-0.15, -0.1) is 11.3 Å². The molecule has 0 bridgehead atoms. The number of hydrogen-bond donors (Lipinski definition) is 0. The fourth-order valence-electron chi connectivity index (χ4n) is 4.17. The van der Waals surface area contributed by atoms with E-state index < -0.39 is 34.6 Å². The van der Waals surface area contributed by atoms with E-state index in [0.717, 1.165) is 28.0 Å². The highest BCUT2D eigenvalue weighted by Crippen LogP contribution is 2.37. The summed E-state index contributed by atoms with van der Waals surface area (Å²) in [5.41, 5.74) is -2.84. The Balaban J connectivity index is 2.08. The van der Waals surface area contributed by atoms with Gasteiger partial charge in [0.15, 0.2) is 5.78 Å². The van der Waals surface area contributed by atoms with Gasteiger partial charge >= 0.3 is 11.9 Å². The number of halogens is 4. The molecule has 10 heteroatoms. The van der Waals surface area contributed by atoms with Crippen LogP contribution in [0.15, 0.2) is 58.1 Å². The van der Waals surface area contributed by atoms with Gasteiger partial charge in [-0.05, 0) is 29.7 Å². The van der Waals surface area contributed by atoms with Gasteiger partial charge in [0.2, 0.25) is 0 Å². The average molecular weight is 519 g/mol. The van der Waals surface area contributed by atoms with Gasteiger partial charge in [-0.25, -0.2) is 9.18 Å². The number of thiophene rings is 1. The number of fused-ring (bicyclic) bond motifs is 1. The van der Waals surface area contributed by atoms with E-state index in [2.05, 4.69) is 0 Å². The minimum Gasteiger partial charge on any atom is -0.288 e. The maximum Gasteiger partial charge on any atom is 0.416 e. The molecular weight excluding hydrogens is 496 g/mol. The monoisotopic (exact) mass is 518 g/mol. The first-order valence-electron chi connectivity index (χ1n) is 11.1. The predicted octanol–water partition coefficient (Wildman–Crippen LogP) is 5.40. The summed E-state index contributed by atoms with van der Waals surface area (Å²) < 4.78 is 57.9. The third-order valence-corrected chi connectivity index (χ3v) is 7.02. The molecule has 0 unspecified atom stereocenters. The standard InChI is InChI=1S/C26H22F4N2O3S/c1-14(2)13-32-24-21(23(34)31(3)25(32)35)20(22(33)16-9-5-7-11-18(16)27)19(36-24)12-15-8-4-6-10-17(15)26(28,29)30/h4-11,14H,12-13H2,1-3H3. The van der Waals surface area contributed by atoms with Gasteiger partial charge < -0.3 is 0 Å². The third-order valence-electron chi connectivity index (χ3n) is 5.81. The van der Waals surface area contributed by atoms with Gasteiger partial charge in [-0.2, -0.15) is 13.2 Å². The van der Waals surface area contributed by atoms with Crippen LogP contribution in [0.2, 0.25) is 0 Å². The highest BCUT2D eigenvalue weighted by atomic mass is 32.1. The Morgan fingerprint density at radius 2 is 1.67 bits per heavy atom. The molecule has 0 aliphatic carbocycles. The van der Waals surface area contributed by atoms with Crippen molar-refractivity contribution in [2.75, 3.05) is 0 Å². The molecule has 2 aromatic heterocycles. The van der Waals surface area contributed by atoms with Crippen molar-refractivity contribution in [3.05, 3.63) is 102 Å². The van der Waals surface area contributed by atoms with Crippen LogP contribution in [0, 0.1) is 11.7 Å². The second-order valence-corrected chi connectivity index (χ2v) is 9.96. The van der Waals surface area contributed by atoms with Crippen molar-refractivity contribution in [2.45, 2.75) is 33.0 Å². The summed E-state index contributed by atoms with van der Waals surface area (Å²) in [6.45, 7) is 3.95. The van der Waals surface area contributed by atoms with Crippen LogP contribution in [-0.2, 0) is 26.2 Å². The molecule has 36 heavy (non-hydrogen) atoms. The van der Waals surface area contributed by atoms with Crippen LogP contribution in [0.1, 0.15) is 45.8 Å². The van der Waals surface area contributed by atoms with E-state index >= 15 is 0 Å². The fourth-order valence-corrected chi connectivity index (χ4v) is 5.48. The van der Waals surface area contributed by atoms with Gasteiger partial charge in [0.1, 0.15) is 10.6 Å². The lowest BCUT2D eigenvalue weighted by Gasteiger charge is -2.13. The quantitative estimate of drug-likeness (QED) is 0.254. The molecule has 0 aliphatic rings. The van der Waals surface area contributed by atoms with Crippen molar-refractivity contribution in [1.29, 1.82) is 0 Å². The number of alkyl halides is 3. The molecule has 0 amide bonds. The van der Waals surface area contributed by atoms with Gasteiger partial charge in [0.05, 0.1) is 22.1 Å². The third kappa shape index (κ3) is 4.53. The lowest BCUT2D eigenvalue weighted by atomic mass is 9.96. The summed E-state index contributed by atoms with van der Waals surface area (Å²) in [5.74, 6) is -1.66. The van der Waals surface area contributed by atoms with Crippen molar-refractivity contribution < 1.29 is 22.4 Å². The van der Waals surface area contributed by atoms with Gasteiger partial charge in [0, 0.05) is 24.9 Å². The maximum absolute atomic E-state index is 14.6. The number of rotatable bonds is 6. The lowest BCUT2D eigenvalue weighted by Crippen LogP contribution is -2.38. The summed E-state index contributed by atoms with van der Waals surface area (Å²) in [7, 11) is 1.27. The second kappa shape index (κ2) is 9.50. The minimum atomic E-state index is -4.64. The number of ketones is 1. The van der Waals surface area contributed by atoms with Crippen LogP contribution in [0.25, 0.3) is 10.2 Å². The van der Waals surface area contributed by atoms with E-state index in [0.29, 0.717) is 0 Å². The van der Waals surface area contributed by atoms with Gasteiger partial charge in [0.25, 0.3) is 5.56 Å². The first kappa shape index (κ1) is 25.6. The Hall–Kier alpha value is -3.53. The average Bonchev–Trinajstić information content (AvgIpc) is 3.18. The van der Waals surface area contributed by atoms with Crippen molar-refractivity contribution in [1.82, 2.24) is 9.13 Å². The molecule has 0 aliphatic heterocycles. The van der Waals surface area contributed by atoms with Crippen LogP contribution in [0.4, 0.5) is 17.6 Å². The number of aromatic nitrogens is 2. The van der Waals surface area contributed by atoms with E-state index in [4.69, 9.17) is 0 Å². The Morgan fingerprint density at radius 3 is 2.31 bits per heavy atom. The van der Waals surface area contributed by atoms with Crippen molar-refractivity contribution in [3.8, 4) is 0 Å². The topological polar surface area (TPSA) is 61.1 Å². The molecule has 0 N–H and O–H groups in total. The molecule has 4 rings (SSSR count). The zero-order chi connectivity index (χ0) is 26.4. The van der Waals surface area contributed by atoms with E-state index in [1.54, 1.807) is 0 Å². The molecular formula is C26H22F4N2O3S. The molecule has 0 fully saturated rings. The fraction of sp³-hybridized carbons (Fsp3) is 0.269. The zero-order valence-electron chi connectivity index (χ0n) is 19.6. The number of hydrogen-bond acceptors (Lipinski definition) is 4. The minimum absolute atomic E-state index is 0.00868. The molecule has 4 aromatic rings. The number of carbonyl (C=O) groups is 1. The summed E-state index contributed by atoms with van der Waals surface area (Å²) in [6.07, 6.45) is -4.97. The van der Waals surface area contributed by atoms with Crippen molar-refractivity contribution in [3.63, 3.8) is 0 Å². The Labute approximate surface area is 207 Å². The summed E-state index contributed by atoms with van der Waals surface area (Å²) >= 11 is 0.912. The van der Waals surface area contributed by atoms with E-state index in [9.17, 15) is 31.9 Å². The normalized spacial score (nSPS) is 12.0. The van der Waals surface area contributed by atoms with Crippen LogP contribution in [0.5, 0.6) is 0 Å². The lowest BCUT2D eigenvalue weighted by molar-refractivity contribution is -0.138. The Morgan fingerprint density at radius 1 is 1.03 bits per heavy atom. The van der Waals surface area contributed by atoms with E-state index in [1.807, 2.05) is 13.8 Å². The second-order valence-electron chi connectivity index (χ2n) is 8.87. The Kier molecular flexibility index (Phi) is 6.74. The molecule has 0 radical (unpaired) electrons. The largest absolute Gasteiger partial charge is 0.416 e. The first-order valence-corrected chi connectivity index (χ1v) is 11.9. The number of nitrogens with zero attached hydrogens (tertiary/aromatic N) is 2. The van der Waals surface area contributed by atoms with E-state index in [-0.39, 0.29) is 50.7 Å². The molecule has 0 atom stereocenters. The number of benzene rings is 2. The van der Waals surface area contributed by atoms with Crippen molar-refractivity contribution in [2.24, 2.45) is 13.0 Å².